The van der Waals surface area contributed by atoms with Crippen LogP contribution in [0.3, 0.4) is 0 Å². The highest BCUT2D eigenvalue weighted by Crippen LogP contribution is 2.18. The van der Waals surface area contributed by atoms with Crippen molar-refractivity contribution in [3.63, 3.8) is 0 Å². The van der Waals surface area contributed by atoms with Gasteiger partial charge in [0.2, 0.25) is 0 Å². The lowest BCUT2D eigenvalue weighted by Crippen LogP contribution is -2.43. The van der Waals surface area contributed by atoms with Gasteiger partial charge in [0.15, 0.2) is 0 Å². The van der Waals surface area contributed by atoms with E-state index in [0.717, 1.165) is 5.69 Å². The van der Waals surface area contributed by atoms with Gasteiger partial charge in [0, 0.05) is 13.1 Å². The van der Waals surface area contributed by atoms with E-state index in [0.29, 0.717) is 30.9 Å². The van der Waals surface area contributed by atoms with Crippen LogP contribution in [0.25, 0.3) is 0 Å². The SMILES string of the molecule is O=C(NCc1cccc(F)c1)N1CCn2nc([C@H](O)CO)cc2C1. The molecule has 7 nitrogen and oxygen atoms in total. The smallest absolute Gasteiger partial charge is 0.318 e. The predicted octanol–water partition coefficient (Wildman–Crippen LogP) is 0.773. The van der Waals surface area contributed by atoms with E-state index < -0.39 is 12.7 Å². The molecule has 1 aromatic heterocycles. The summed E-state index contributed by atoms with van der Waals surface area (Å²) in [5, 5.41) is 25.6. The van der Waals surface area contributed by atoms with Gasteiger partial charge < -0.3 is 20.4 Å². The molecule has 1 aromatic carbocycles. The molecule has 24 heavy (non-hydrogen) atoms. The molecule has 0 saturated carbocycles. The molecule has 128 valence electrons. The van der Waals surface area contributed by atoms with Gasteiger partial charge in [0.25, 0.3) is 0 Å². The van der Waals surface area contributed by atoms with Crippen LogP contribution in [0.2, 0.25) is 0 Å². The first-order valence-electron chi connectivity index (χ1n) is 7.69. The fraction of sp³-hybridized carbons (Fsp3) is 0.375. The molecule has 3 rings (SSSR count). The fourth-order valence-corrected chi connectivity index (χ4v) is 2.65. The van der Waals surface area contributed by atoms with Crippen molar-refractivity contribution in [3.05, 3.63) is 53.1 Å². The molecule has 0 bridgehead atoms. The van der Waals surface area contributed by atoms with E-state index in [1.165, 1.54) is 12.1 Å². The zero-order valence-electron chi connectivity index (χ0n) is 13.0. The van der Waals surface area contributed by atoms with Crippen LogP contribution in [0.4, 0.5) is 9.18 Å². The van der Waals surface area contributed by atoms with E-state index in [9.17, 15) is 14.3 Å². The van der Waals surface area contributed by atoms with Crippen LogP contribution >= 0.6 is 0 Å². The summed E-state index contributed by atoms with van der Waals surface area (Å²) in [5.41, 5.74) is 1.89. The van der Waals surface area contributed by atoms with Crippen molar-refractivity contribution in [1.82, 2.24) is 20.0 Å². The molecule has 0 aliphatic carbocycles. The van der Waals surface area contributed by atoms with E-state index in [4.69, 9.17) is 5.11 Å². The Hall–Kier alpha value is -2.45. The number of carbonyl (C=O) groups excluding carboxylic acids is 1. The van der Waals surface area contributed by atoms with E-state index in [-0.39, 0.29) is 18.4 Å². The van der Waals surface area contributed by atoms with Crippen LogP contribution in [-0.4, -0.2) is 44.1 Å². The van der Waals surface area contributed by atoms with E-state index in [1.807, 2.05) is 0 Å². The number of aliphatic hydroxyl groups is 2. The number of carbonyl (C=O) groups is 1. The topological polar surface area (TPSA) is 90.6 Å². The van der Waals surface area contributed by atoms with Crippen LogP contribution < -0.4 is 5.32 Å². The molecule has 3 N–H and O–H groups in total. The van der Waals surface area contributed by atoms with Crippen molar-refractivity contribution in [2.45, 2.75) is 25.7 Å². The number of nitrogens with one attached hydrogen (secondary N) is 1. The Kier molecular flexibility index (Phi) is 4.77. The monoisotopic (exact) mass is 334 g/mol. The molecule has 0 radical (unpaired) electrons. The van der Waals surface area contributed by atoms with Crippen molar-refractivity contribution >= 4 is 6.03 Å². The lowest BCUT2D eigenvalue weighted by molar-refractivity contribution is 0.0915. The van der Waals surface area contributed by atoms with Crippen molar-refractivity contribution < 1.29 is 19.4 Å². The number of nitrogens with zero attached hydrogens (tertiary/aromatic N) is 3. The largest absolute Gasteiger partial charge is 0.393 e. The minimum atomic E-state index is -1.02. The maximum absolute atomic E-state index is 13.1. The minimum Gasteiger partial charge on any atom is -0.393 e. The van der Waals surface area contributed by atoms with Gasteiger partial charge in [-0.05, 0) is 23.8 Å². The Morgan fingerprint density at radius 1 is 1.38 bits per heavy atom. The van der Waals surface area contributed by atoms with Crippen LogP contribution in [0.5, 0.6) is 0 Å². The second-order valence-electron chi connectivity index (χ2n) is 5.69. The number of aromatic nitrogens is 2. The molecule has 2 amide bonds. The highest BCUT2D eigenvalue weighted by molar-refractivity contribution is 5.74. The molecule has 1 atom stereocenters. The molecule has 1 aliphatic rings. The van der Waals surface area contributed by atoms with Gasteiger partial charge in [-0.15, -0.1) is 0 Å². The lowest BCUT2D eigenvalue weighted by atomic mass is 10.2. The molecule has 1 aliphatic heterocycles. The van der Waals surface area contributed by atoms with Crippen molar-refractivity contribution in [2.24, 2.45) is 0 Å². The second-order valence-corrected chi connectivity index (χ2v) is 5.69. The van der Waals surface area contributed by atoms with Gasteiger partial charge in [0.1, 0.15) is 11.9 Å². The van der Waals surface area contributed by atoms with Gasteiger partial charge >= 0.3 is 6.03 Å². The van der Waals surface area contributed by atoms with Crippen molar-refractivity contribution in [1.29, 1.82) is 0 Å². The van der Waals surface area contributed by atoms with Gasteiger partial charge in [-0.2, -0.15) is 5.10 Å². The normalized spacial score (nSPS) is 15.0. The first kappa shape index (κ1) is 16.4. The van der Waals surface area contributed by atoms with Gasteiger partial charge in [-0.1, -0.05) is 12.1 Å². The molecule has 2 aromatic rings. The van der Waals surface area contributed by atoms with Crippen LogP contribution in [0.1, 0.15) is 23.1 Å². The zero-order valence-corrected chi connectivity index (χ0v) is 13.0. The van der Waals surface area contributed by atoms with E-state index in [2.05, 4.69) is 10.4 Å². The van der Waals surface area contributed by atoms with Crippen LogP contribution in [0.15, 0.2) is 30.3 Å². The molecular weight excluding hydrogens is 315 g/mol. The number of amides is 2. The molecule has 2 heterocycles. The summed E-state index contributed by atoms with van der Waals surface area (Å²) < 4.78 is 14.9. The Bertz CT molecular complexity index is 734. The van der Waals surface area contributed by atoms with Gasteiger partial charge in [-0.25, -0.2) is 9.18 Å². The summed E-state index contributed by atoms with van der Waals surface area (Å²) in [4.78, 5) is 13.9. The fourth-order valence-electron chi connectivity index (χ4n) is 2.65. The number of fused-ring (bicyclic) bond motifs is 1. The Labute approximate surface area is 138 Å². The minimum absolute atomic E-state index is 0.240. The maximum atomic E-state index is 13.1. The summed E-state index contributed by atoms with van der Waals surface area (Å²) >= 11 is 0. The van der Waals surface area contributed by atoms with Crippen LogP contribution in [-0.2, 0) is 19.6 Å². The average molecular weight is 334 g/mol. The highest BCUT2D eigenvalue weighted by atomic mass is 19.1. The van der Waals surface area contributed by atoms with E-state index in [1.54, 1.807) is 27.8 Å². The summed E-state index contributed by atoms with van der Waals surface area (Å²) in [6.07, 6.45) is -1.02. The van der Waals surface area contributed by atoms with Crippen molar-refractivity contribution in [3.8, 4) is 0 Å². The number of rotatable bonds is 4. The Balaban J connectivity index is 1.60. The quantitative estimate of drug-likeness (QED) is 0.770. The summed E-state index contributed by atoms with van der Waals surface area (Å²) in [6, 6.07) is 7.54. The molecule has 0 spiro atoms. The lowest BCUT2D eigenvalue weighted by Gasteiger charge is -2.27. The van der Waals surface area contributed by atoms with Gasteiger partial charge in [0.05, 0.1) is 31.1 Å². The molecule has 0 saturated heterocycles. The number of aliphatic hydroxyl groups excluding tert-OH is 2. The predicted molar refractivity (Wildman–Crippen MR) is 83.3 cm³/mol. The molecule has 0 fully saturated rings. The third kappa shape index (κ3) is 3.55. The zero-order chi connectivity index (χ0) is 17.1. The first-order valence-corrected chi connectivity index (χ1v) is 7.69. The highest BCUT2D eigenvalue weighted by Gasteiger charge is 2.23. The number of benzene rings is 1. The molecule has 0 unspecified atom stereocenters. The summed E-state index contributed by atoms with van der Waals surface area (Å²) in [5.74, 6) is -0.335. The molecule has 8 heteroatoms. The number of hydrogen-bond acceptors (Lipinski definition) is 4. The third-order valence-corrected chi connectivity index (χ3v) is 3.95. The summed E-state index contributed by atoms with van der Waals surface area (Å²) in [7, 11) is 0. The number of halogens is 1. The maximum Gasteiger partial charge on any atom is 0.318 e. The number of hydrogen-bond donors (Lipinski definition) is 3. The summed E-state index contributed by atoms with van der Waals surface area (Å²) in [6.45, 7) is 1.22. The standard InChI is InChI=1S/C16H19FN4O3/c17-12-3-1-2-11(6-12)8-18-16(24)20-4-5-21-13(9-20)7-14(19-21)15(23)10-22/h1-3,6-7,15,22-23H,4-5,8-10H2,(H,18,24)/t15-/m1/s1. The number of urea groups is 1. The van der Waals surface area contributed by atoms with Crippen molar-refractivity contribution in [2.75, 3.05) is 13.2 Å². The second kappa shape index (κ2) is 6.98. The Morgan fingerprint density at radius 2 is 2.21 bits per heavy atom. The van der Waals surface area contributed by atoms with E-state index >= 15 is 0 Å². The Morgan fingerprint density at radius 3 is 2.96 bits per heavy atom. The average Bonchev–Trinajstić information content (AvgIpc) is 3.02. The molecular formula is C16H19FN4O3. The first-order chi connectivity index (χ1) is 11.6. The van der Waals surface area contributed by atoms with Crippen LogP contribution in [0, 0.1) is 5.82 Å². The van der Waals surface area contributed by atoms with Gasteiger partial charge in [-0.3, -0.25) is 4.68 Å². The third-order valence-electron chi connectivity index (χ3n) is 3.95.